The van der Waals surface area contributed by atoms with E-state index in [0.29, 0.717) is 0 Å². The van der Waals surface area contributed by atoms with Crippen LogP contribution < -0.4 is 0 Å². The fraction of sp³-hybridized carbons (Fsp3) is 0. The fourth-order valence-electron chi connectivity index (χ4n) is 13.6. The Balaban J connectivity index is 0.779. The van der Waals surface area contributed by atoms with E-state index in [9.17, 15) is 0 Å². The molecule has 4 aromatic heterocycles. The summed E-state index contributed by atoms with van der Waals surface area (Å²) in [6, 6.07) is 112. The van der Waals surface area contributed by atoms with Crippen LogP contribution in [0.2, 0.25) is 0 Å². The molecule has 0 aliphatic rings. The van der Waals surface area contributed by atoms with E-state index < -0.39 is 0 Å². The Labute approximate surface area is 473 Å². The maximum atomic E-state index is 2.48. The first-order valence-electron chi connectivity index (χ1n) is 28.2. The zero-order valence-electron chi connectivity index (χ0n) is 44.7. The van der Waals surface area contributed by atoms with E-state index >= 15 is 0 Å². The van der Waals surface area contributed by atoms with E-state index in [1.165, 1.54) is 98.6 Å². The molecule has 4 heterocycles. The van der Waals surface area contributed by atoms with Crippen LogP contribution >= 0.6 is 0 Å². The van der Waals surface area contributed by atoms with E-state index in [2.05, 4.69) is 322 Å². The van der Waals surface area contributed by atoms with Crippen LogP contribution in [0.25, 0.3) is 154 Å². The lowest BCUT2D eigenvalue weighted by Gasteiger charge is -2.15. The molecule has 4 heteroatoms. The lowest BCUT2D eigenvalue weighted by Crippen LogP contribution is -1.97. The zero-order chi connectivity index (χ0) is 53.8. The molecule has 382 valence electrons. The standard InChI is InChI=1S/C78H50N4/c1-2-21-51(22-3-1)57-47-58(50-60(49-57)80-72-40-15-9-34-66(72)78-74(80)42-20-44-76(78)82-69-37-12-6-31-63(69)64-32-7-13-38-70(64)82)55-26-17-24-53(46-55)52-23-16-25-54(45-52)56-27-18-28-59(48-56)79-71-39-14-8-33-65(71)77-73(79)41-19-43-75(77)81-67-35-10-4-29-61(67)62-30-5-11-36-68(62)81/h1-50H. The minimum Gasteiger partial charge on any atom is -0.309 e. The first-order valence-corrected chi connectivity index (χ1v) is 28.2. The molecule has 17 rings (SSSR count). The Morgan fingerprint density at radius 1 is 0.159 bits per heavy atom. The topological polar surface area (TPSA) is 19.7 Å². The van der Waals surface area contributed by atoms with Crippen molar-refractivity contribution < 1.29 is 0 Å². The third kappa shape index (κ3) is 7.05. The highest BCUT2D eigenvalue weighted by Gasteiger charge is 2.23. The molecule has 4 nitrogen and oxygen atoms in total. The number of rotatable bonds is 8. The van der Waals surface area contributed by atoms with Gasteiger partial charge in [-0.25, -0.2) is 0 Å². The second-order valence-electron chi connectivity index (χ2n) is 21.6. The molecule has 0 amide bonds. The predicted octanol–water partition coefficient (Wildman–Crippen LogP) is 20.7. The lowest BCUT2D eigenvalue weighted by atomic mass is 9.94. The normalized spacial score (nSPS) is 11.9. The van der Waals surface area contributed by atoms with Crippen LogP contribution in [0, 0.1) is 0 Å². The van der Waals surface area contributed by atoms with Gasteiger partial charge in [-0.3, -0.25) is 0 Å². The van der Waals surface area contributed by atoms with E-state index in [4.69, 9.17) is 0 Å². The molecule has 0 saturated heterocycles. The molecular weight excluding hydrogens is 993 g/mol. The third-order valence-corrected chi connectivity index (χ3v) is 17.1. The molecule has 0 bridgehead atoms. The van der Waals surface area contributed by atoms with Gasteiger partial charge in [-0.2, -0.15) is 0 Å². The number of fused-ring (bicyclic) bond motifs is 12. The van der Waals surface area contributed by atoms with Gasteiger partial charge in [-0.1, -0.05) is 200 Å². The average Bonchev–Trinajstić information content (AvgIpc) is 2.78. The molecule has 13 aromatic carbocycles. The maximum absolute atomic E-state index is 2.48. The summed E-state index contributed by atoms with van der Waals surface area (Å²) in [5, 5.41) is 9.92. The second kappa shape index (κ2) is 18.3. The minimum absolute atomic E-state index is 1.11. The van der Waals surface area contributed by atoms with Crippen LogP contribution in [0.1, 0.15) is 0 Å². The van der Waals surface area contributed by atoms with Crippen LogP contribution in [0.3, 0.4) is 0 Å². The predicted molar refractivity (Wildman–Crippen MR) is 346 cm³/mol. The first-order chi connectivity index (χ1) is 40.7. The van der Waals surface area contributed by atoms with Crippen molar-refractivity contribution in [2.45, 2.75) is 0 Å². The van der Waals surface area contributed by atoms with Crippen molar-refractivity contribution in [3.8, 4) is 67.3 Å². The van der Waals surface area contributed by atoms with E-state index in [1.807, 2.05) is 0 Å². The van der Waals surface area contributed by atoms with Gasteiger partial charge >= 0.3 is 0 Å². The molecular formula is C78H50N4. The van der Waals surface area contributed by atoms with Crippen molar-refractivity contribution in [2.75, 3.05) is 0 Å². The van der Waals surface area contributed by atoms with Crippen molar-refractivity contribution in [3.05, 3.63) is 303 Å². The number of nitrogens with zero attached hydrogens (tertiary/aromatic N) is 4. The van der Waals surface area contributed by atoms with E-state index in [0.717, 1.165) is 55.8 Å². The zero-order valence-corrected chi connectivity index (χ0v) is 44.7. The van der Waals surface area contributed by atoms with Gasteiger partial charge in [0.2, 0.25) is 0 Å². The smallest absolute Gasteiger partial charge is 0.0562 e. The van der Waals surface area contributed by atoms with Gasteiger partial charge in [0.1, 0.15) is 0 Å². The highest BCUT2D eigenvalue weighted by atomic mass is 15.0. The van der Waals surface area contributed by atoms with Gasteiger partial charge in [0.05, 0.1) is 55.5 Å². The van der Waals surface area contributed by atoms with Crippen molar-refractivity contribution >= 4 is 87.2 Å². The number of para-hydroxylation sites is 6. The van der Waals surface area contributed by atoms with Gasteiger partial charge < -0.3 is 18.3 Å². The lowest BCUT2D eigenvalue weighted by molar-refractivity contribution is 1.17. The summed E-state index contributed by atoms with van der Waals surface area (Å²) in [6.07, 6.45) is 0. The van der Waals surface area contributed by atoms with Gasteiger partial charge in [0, 0.05) is 54.5 Å². The molecule has 0 saturated carbocycles. The molecule has 0 unspecified atom stereocenters. The number of benzene rings is 13. The van der Waals surface area contributed by atoms with Gasteiger partial charge in [-0.15, -0.1) is 0 Å². The maximum Gasteiger partial charge on any atom is 0.0562 e. The third-order valence-electron chi connectivity index (χ3n) is 17.1. The van der Waals surface area contributed by atoms with E-state index in [-0.39, 0.29) is 0 Å². The molecule has 82 heavy (non-hydrogen) atoms. The van der Waals surface area contributed by atoms with Crippen molar-refractivity contribution in [1.82, 2.24) is 18.3 Å². The summed E-state index contributed by atoms with van der Waals surface area (Å²) in [5.41, 5.74) is 23.4. The molecule has 0 aliphatic heterocycles. The Morgan fingerprint density at radius 2 is 0.439 bits per heavy atom. The molecule has 0 aliphatic carbocycles. The molecule has 0 N–H and O–H groups in total. The summed E-state index contributed by atoms with van der Waals surface area (Å²) in [5.74, 6) is 0. The highest BCUT2D eigenvalue weighted by molar-refractivity contribution is 6.18. The SMILES string of the molecule is c1ccc(-c2cc(-c3cccc(-c4cccc(-c5cccc(-n6c7ccccc7c7c(-n8c9ccccc9c9ccccc98)cccc76)c5)c4)c3)cc(-n3c4ccccc4c4c(-n5c6ccccc6c6ccccc65)cccc43)c2)cc1. The summed E-state index contributed by atoms with van der Waals surface area (Å²) in [7, 11) is 0. The van der Waals surface area contributed by atoms with Gasteiger partial charge in [0.15, 0.2) is 0 Å². The first kappa shape index (κ1) is 46.0. The largest absolute Gasteiger partial charge is 0.309 e. The molecule has 0 atom stereocenters. The van der Waals surface area contributed by atoms with E-state index in [1.54, 1.807) is 0 Å². The summed E-state index contributed by atoms with van der Waals surface area (Å²) in [4.78, 5) is 0. The number of hydrogen-bond donors (Lipinski definition) is 0. The van der Waals surface area contributed by atoms with Crippen molar-refractivity contribution in [3.63, 3.8) is 0 Å². The molecule has 0 spiro atoms. The average molecular weight is 1040 g/mol. The Morgan fingerprint density at radius 3 is 0.890 bits per heavy atom. The van der Waals surface area contributed by atoms with Crippen LogP contribution in [0.15, 0.2) is 303 Å². The monoisotopic (exact) mass is 1040 g/mol. The number of hydrogen-bond acceptors (Lipinski definition) is 0. The summed E-state index contributed by atoms with van der Waals surface area (Å²) in [6.45, 7) is 0. The fourth-order valence-corrected chi connectivity index (χ4v) is 13.6. The van der Waals surface area contributed by atoms with Gasteiger partial charge in [-0.05, 0) is 148 Å². The molecule has 0 fully saturated rings. The van der Waals surface area contributed by atoms with Crippen molar-refractivity contribution in [2.24, 2.45) is 0 Å². The Hall–Kier alpha value is -10.9. The van der Waals surface area contributed by atoms with Crippen LogP contribution in [-0.4, -0.2) is 18.3 Å². The minimum atomic E-state index is 1.11. The van der Waals surface area contributed by atoms with Crippen LogP contribution in [0.4, 0.5) is 0 Å². The van der Waals surface area contributed by atoms with Crippen LogP contribution in [0.5, 0.6) is 0 Å². The van der Waals surface area contributed by atoms with Crippen molar-refractivity contribution in [1.29, 1.82) is 0 Å². The van der Waals surface area contributed by atoms with Crippen LogP contribution in [-0.2, 0) is 0 Å². The highest BCUT2D eigenvalue weighted by Crippen LogP contribution is 2.44. The summed E-state index contributed by atoms with van der Waals surface area (Å²) < 4.78 is 9.83. The quantitative estimate of drug-likeness (QED) is 0.145. The second-order valence-corrected chi connectivity index (χ2v) is 21.6. The molecule has 17 aromatic rings. The Bertz CT molecular complexity index is 5310. The Kier molecular flexibility index (Phi) is 10.3. The number of aromatic nitrogens is 4. The van der Waals surface area contributed by atoms with Gasteiger partial charge in [0.25, 0.3) is 0 Å². The molecule has 0 radical (unpaired) electrons. The summed E-state index contributed by atoms with van der Waals surface area (Å²) >= 11 is 0.